The lowest BCUT2D eigenvalue weighted by Crippen LogP contribution is -2.24. The van der Waals surface area contributed by atoms with E-state index in [0.717, 1.165) is 0 Å². The van der Waals surface area contributed by atoms with Gasteiger partial charge in [-0.2, -0.15) is 13.2 Å². The molecule has 0 heterocycles. The smallest absolute Gasteiger partial charge is 0.422 e. The molecular formula is C19H20F3NO4. The summed E-state index contributed by atoms with van der Waals surface area (Å²) >= 11 is 0. The van der Waals surface area contributed by atoms with Crippen LogP contribution in [0.15, 0.2) is 42.5 Å². The van der Waals surface area contributed by atoms with Gasteiger partial charge in [-0.1, -0.05) is 12.1 Å². The lowest BCUT2D eigenvalue weighted by Gasteiger charge is -2.12. The Bertz CT molecular complexity index is 778. The maximum Gasteiger partial charge on any atom is 0.422 e. The molecule has 0 unspecified atom stereocenters. The molecule has 2 aromatic rings. The highest BCUT2D eigenvalue weighted by atomic mass is 19.4. The van der Waals surface area contributed by atoms with Crippen molar-refractivity contribution < 1.29 is 32.2 Å². The number of alkyl halides is 3. The van der Waals surface area contributed by atoms with Gasteiger partial charge in [-0.15, -0.1) is 0 Å². The van der Waals surface area contributed by atoms with Gasteiger partial charge in [-0.3, -0.25) is 4.79 Å². The van der Waals surface area contributed by atoms with Crippen molar-refractivity contribution in [3.05, 3.63) is 53.6 Å². The zero-order chi connectivity index (χ0) is 19.9. The van der Waals surface area contributed by atoms with Crippen LogP contribution in [0.1, 0.15) is 11.1 Å². The van der Waals surface area contributed by atoms with E-state index in [4.69, 9.17) is 14.2 Å². The van der Waals surface area contributed by atoms with Gasteiger partial charge in [-0.05, 0) is 35.9 Å². The second-order valence-corrected chi connectivity index (χ2v) is 5.68. The number of benzene rings is 2. The van der Waals surface area contributed by atoms with Crippen LogP contribution in [0.2, 0.25) is 0 Å². The highest BCUT2D eigenvalue weighted by Crippen LogP contribution is 2.24. The molecule has 2 aromatic carbocycles. The summed E-state index contributed by atoms with van der Waals surface area (Å²) in [5.74, 6) is 0.998. The quantitative estimate of drug-likeness (QED) is 0.758. The van der Waals surface area contributed by atoms with Gasteiger partial charge in [0.15, 0.2) is 6.61 Å². The van der Waals surface area contributed by atoms with Crippen LogP contribution >= 0.6 is 0 Å². The lowest BCUT2D eigenvalue weighted by molar-refractivity contribution is -0.153. The monoisotopic (exact) mass is 383 g/mol. The second kappa shape index (κ2) is 9.16. The van der Waals surface area contributed by atoms with Crippen molar-refractivity contribution in [3.8, 4) is 17.2 Å². The summed E-state index contributed by atoms with van der Waals surface area (Å²) < 4.78 is 51.7. The van der Waals surface area contributed by atoms with E-state index in [1.54, 1.807) is 30.3 Å². The number of carbonyl (C=O) groups is 1. The minimum Gasteiger partial charge on any atom is -0.497 e. The summed E-state index contributed by atoms with van der Waals surface area (Å²) in [6.45, 7) is -1.20. The average molecular weight is 383 g/mol. The lowest BCUT2D eigenvalue weighted by atomic mass is 10.1. The first-order valence-electron chi connectivity index (χ1n) is 8.07. The summed E-state index contributed by atoms with van der Waals surface area (Å²) in [7, 11) is 3.04. The van der Waals surface area contributed by atoms with Crippen LogP contribution in [0.4, 0.5) is 13.2 Å². The van der Waals surface area contributed by atoms with Gasteiger partial charge in [0, 0.05) is 12.1 Å². The van der Waals surface area contributed by atoms with Gasteiger partial charge < -0.3 is 19.5 Å². The number of amides is 1. The van der Waals surface area contributed by atoms with Gasteiger partial charge in [0.05, 0.1) is 20.6 Å². The van der Waals surface area contributed by atoms with Crippen molar-refractivity contribution in [3.63, 3.8) is 0 Å². The van der Waals surface area contributed by atoms with Gasteiger partial charge in [0.25, 0.3) is 0 Å². The molecule has 8 heteroatoms. The van der Waals surface area contributed by atoms with E-state index in [1.807, 2.05) is 0 Å². The van der Waals surface area contributed by atoms with E-state index >= 15 is 0 Å². The summed E-state index contributed by atoms with van der Waals surface area (Å²) in [5, 5.41) is 2.72. The Morgan fingerprint density at radius 2 is 1.81 bits per heavy atom. The molecule has 1 N–H and O–H groups in total. The third-order valence-electron chi connectivity index (χ3n) is 3.63. The molecule has 0 aliphatic rings. The average Bonchev–Trinajstić information content (AvgIpc) is 2.64. The van der Waals surface area contributed by atoms with E-state index < -0.39 is 12.8 Å². The van der Waals surface area contributed by atoms with E-state index in [1.165, 1.54) is 26.4 Å². The zero-order valence-electron chi connectivity index (χ0n) is 14.9. The number of ether oxygens (including phenoxy) is 3. The minimum atomic E-state index is -4.40. The predicted molar refractivity (Wildman–Crippen MR) is 93.1 cm³/mol. The molecule has 5 nitrogen and oxygen atoms in total. The first-order chi connectivity index (χ1) is 12.8. The Balaban J connectivity index is 1.94. The van der Waals surface area contributed by atoms with E-state index in [-0.39, 0.29) is 24.6 Å². The highest BCUT2D eigenvalue weighted by Gasteiger charge is 2.28. The van der Waals surface area contributed by atoms with Crippen molar-refractivity contribution in [1.29, 1.82) is 0 Å². The molecule has 0 fully saturated rings. The summed E-state index contributed by atoms with van der Waals surface area (Å²) in [5.41, 5.74) is 1.29. The minimum absolute atomic E-state index is 0.0740. The molecule has 0 saturated heterocycles. The topological polar surface area (TPSA) is 56.8 Å². The maximum absolute atomic E-state index is 12.2. The van der Waals surface area contributed by atoms with Crippen LogP contribution in [0, 0.1) is 0 Å². The molecule has 2 rings (SSSR count). The molecule has 0 saturated carbocycles. The first kappa shape index (κ1) is 20.4. The molecule has 0 radical (unpaired) electrons. The summed E-state index contributed by atoms with van der Waals surface area (Å²) in [6, 6.07) is 11.3. The fourth-order valence-electron chi connectivity index (χ4n) is 2.37. The number of hydrogen-bond donors (Lipinski definition) is 1. The van der Waals surface area contributed by atoms with E-state index in [0.29, 0.717) is 22.6 Å². The highest BCUT2D eigenvalue weighted by molar-refractivity contribution is 5.79. The zero-order valence-corrected chi connectivity index (χ0v) is 14.9. The van der Waals surface area contributed by atoms with Crippen molar-refractivity contribution in [1.82, 2.24) is 5.32 Å². The van der Waals surface area contributed by atoms with Crippen molar-refractivity contribution in [2.45, 2.75) is 19.1 Å². The largest absolute Gasteiger partial charge is 0.497 e. The van der Waals surface area contributed by atoms with E-state index in [9.17, 15) is 18.0 Å². The maximum atomic E-state index is 12.2. The van der Waals surface area contributed by atoms with Crippen LogP contribution in [-0.2, 0) is 17.8 Å². The van der Waals surface area contributed by atoms with Crippen molar-refractivity contribution in [2.24, 2.45) is 0 Å². The van der Waals surface area contributed by atoms with Crippen LogP contribution in [0.5, 0.6) is 17.2 Å². The Hall–Kier alpha value is -2.90. The van der Waals surface area contributed by atoms with Crippen molar-refractivity contribution >= 4 is 5.91 Å². The van der Waals surface area contributed by atoms with Crippen LogP contribution in [0.25, 0.3) is 0 Å². The standard InChI is InChI=1S/C19H20F3NO4/c1-25-15-6-7-17(26-2)14(9-15)10-18(24)23-11-13-4-3-5-16(8-13)27-12-19(20,21)22/h3-9H,10-12H2,1-2H3,(H,23,24). The number of rotatable bonds is 8. The predicted octanol–water partition coefficient (Wildman–Crippen LogP) is 3.50. The SMILES string of the molecule is COc1ccc(OC)c(CC(=O)NCc2cccc(OCC(F)(F)F)c2)c1. The molecule has 0 bridgehead atoms. The van der Waals surface area contributed by atoms with Crippen molar-refractivity contribution in [2.75, 3.05) is 20.8 Å². The Kier molecular flexibility index (Phi) is 6.92. The number of methoxy groups -OCH3 is 2. The molecular weight excluding hydrogens is 363 g/mol. The fourth-order valence-corrected chi connectivity index (χ4v) is 2.37. The van der Waals surface area contributed by atoms with Gasteiger partial charge in [0.2, 0.25) is 5.91 Å². The third kappa shape index (κ3) is 6.73. The van der Waals surface area contributed by atoms with Crippen LogP contribution in [0.3, 0.4) is 0 Å². The van der Waals surface area contributed by atoms with Gasteiger partial charge in [0.1, 0.15) is 17.2 Å². The molecule has 1 amide bonds. The summed E-state index contributed by atoms with van der Waals surface area (Å²) in [4.78, 5) is 12.2. The van der Waals surface area contributed by atoms with E-state index in [2.05, 4.69) is 5.32 Å². The molecule has 0 aliphatic carbocycles. The molecule has 0 spiro atoms. The fraction of sp³-hybridized carbons (Fsp3) is 0.316. The van der Waals surface area contributed by atoms with Crippen LogP contribution in [-0.4, -0.2) is 32.9 Å². The third-order valence-corrected chi connectivity index (χ3v) is 3.63. The number of carbonyl (C=O) groups excluding carboxylic acids is 1. The first-order valence-corrected chi connectivity index (χ1v) is 8.07. The normalized spacial score (nSPS) is 11.0. The molecule has 0 aromatic heterocycles. The second-order valence-electron chi connectivity index (χ2n) is 5.68. The Morgan fingerprint density at radius 1 is 1.04 bits per heavy atom. The molecule has 0 atom stereocenters. The number of nitrogens with one attached hydrogen (secondary N) is 1. The number of halogens is 3. The Morgan fingerprint density at radius 3 is 2.48 bits per heavy atom. The van der Waals surface area contributed by atoms with Gasteiger partial charge >= 0.3 is 6.18 Å². The molecule has 0 aliphatic heterocycles. The van der Waals surface area contributed by atoms with Gasteiger partial charge in [-0.25, -0.2) is 0 Å². The van der Waals surface area contributed by atoms with Crippen LogP contribution < -0.4 is 19.5 Å². The number of hydrogen-bond acceptors (Lipinski definition) is 4. The molecule has 146 valence electrons. The molecule has 27 heavy (non-hydrogen) atoms. The summed E-state index contributed by atoms with van der Waals surface area (Å²) in [6.07, 6.45) is -4.33. The Labute approximate surface area is 155 Å².